The van der Waals surface area contributed by atoms with E-state index in [0.717, 1.165) is 43.7 Å². The average molecular weight is 381 g/mol. The Balaban J connectivity index is 1.55. The fraction of sp³-hybridized carbons (Fsp3) is 0.286. The van der Waals surface area contributed by atoms with Crippen LogP contribution in [0.5, 0.6) is 0 Å². The van der Waals surface area contributed by atoms with Crippen molar-refractivity contribution >= 4 is 11.6 Å². The normalized spacial score (nSPS) is 17.7. The van der Waals surface area contributed by atoms with Gasteiger partial charge in [0.15, 0.2) is 0 Å². The second-order valence-electron chi connectivity index (χ2n) is 6.96. The summed E-state index contributed by atoms with van der Waals surface area (Å²) in [7, 11) is 0. The molecule has 1 N–H and O–H groups in total. The summed E-state index contributed by atoms with van der Waals surface area (Å²) in [4.78, 5) is 26.3. The van der Waals surface area contributed by atoms with Gasteiger partial charge in [-0.25, -0.2) is 4.98 Å². The van der Waals surface area contributed by atoms with E-state index >= 15 is 0 Å². The fourth-order valence-electron chi connectivity index (χ4n) is 3.62. The van der Waals surface area contributed by atoms with E-state index in [1.165, 1.54) is 5.56 Å². The molecule has 1 atom stereocenters. The van der Waals surface area contributed by atoms with Crippen molar-refractivity contribution in [2.45, 2.75) is 25.3 Å². The molecule has 0 radical (unpaired) electrons. The van der Waals surface area contributed by atoms with Crippen molar-refractivity contribution in [3.05, 3.63) is 81.5 Å². The zero-order valence-electron chi connectivity index (χ0n) is 14.9. The van der Waals surface area contributed by atoms with Crippen molar-refractivity contribution in [2.75, 3.05) is 13.1 Å². The lowest BCUT2D eigenvalue weighted by atomic mass is 9.94. The van der Waals surface area contributed by atoms with Crippen LogP contribution in [-0.2, 0) is 6.54 Å². The molecule has 1 aliphatic rings. The van der Waals surface area contributed by atoms with E-state index in [-0.39, 0.29) is 11.5 Å². The number of benzene rings is 1. The maximum atomic E-state index is 12.2. The van der Waals surface area contributed by atoms with Gasteiger partial charge in [0.2, 0.25) is 0 Å². The van der Waals surface area contributed by atoms with Crippen LogP contribution in [0.1, 0.15) is 30.0 Å². The first-order chi connectivity index (χ1) is 13.2. The van der Waals surface area contributed by atoms with Crippen molar-refractivity contribution in [3.63, 3.8) is 0 Å². The van der Waals surface area contributed by atoms with Crippen molar-refractivity contribution in [1.82, 2.24) is 19.9 Å². The average Bonchev–Trinajstić information content (AvgIpc) is 2.69. The number of piperidine rings is 1. The quantitative estimate of drug-likeness (QED) is 0.746. The number of aromatic nitrogens is 3. The van der Waals surface area contributed by atoms with Crippen LogP contribution in [0.2, 0.25) is 5.02 Å². The van der Waals surface area contributed by atoms with E-state index < -0.39 is 0 Å². The van der Waals surface area contributed by atoms with Gasteiger partial charge in [-0.1, -0.05) is 11.6 Å². The smallest absolute Gasteiger partial charge is 0.251 e. The highest BCUT2D eigenvalue weighted by molar-refractivity contribution is 6.30. The third-order valence-electron chi connectivity index (χ3n) is 4.96. The highest BCUT2D eigenvalue weighted by Crippen LogP contribution is 2.27. The Morgan fingerprint density at radius 1 is 1.15 bits per heavy atom. The van der Waals surface area contributed by atoms with Crippen LogP contribution in [0, 0.1) is 0 Å². The van der Waals surface area contributed by atoms with E-state index in [0.29, 0.717) is 10.8 Å². The zero-order chi connectivity index (χ0) is 18.6. The molecule has 0 amide bonds. The molecule has 0 saturated carbocycles. The first-order valence-corrected chi connectivity index (χ1v) is 9.53. The minimum absolute atomic E-state index is 0.115. The zero-order valence-corrected chi connectivity index (χ0v) is 15.7. The number of hydrogen-bond acceptors (Lipinski definition) is 4. The number of likely N-dealkylation sites (tertiary alicyclic amines) is 1. The Morgan fingerprint density at radius 2 is 1.93 bits per heavy atom. The summed E-state index contributed by atoms with van der Waals surface area (Å²) in [6.45, 7) is 2.86. The predicted molar refractivity (Wildman–Crippen MR) is 107 cm³/mol. The van der Waals surface area contributed by atoms with Crippen LogP contribution < -0.4 is 5.56 Å². The van der Waals surface area contributed by atoms with E-state index in [4.69, 9.17) is 16.6 Å². The van der Waals surface area contributed by atoms with Gasteiger partial charge in [0.25, 0.3) is 5.56 Å². The van der Waals surface area contributed by atoms with Crippen LogP contribution in [-0.4, -0.2) is 32.9 Å². The number of H-pyrrole nitrogens is 1. The highest BCUT2D eigenvalue weighted by atomic mass is 35.5. The number of hydrogen-bond donors (Lipinski definition) is 1. The van der Waals surface area contributed by atoms with Gasteiger partial charge in [0, 0.05) is 48.1 Å². The molecule has 5 nitrogen and oxygen atoms in total. The molecule has 27 heavy (non-hydrogen) atoms. The number of pyridine rings is 1. The Bertz CT molecular complexity index is 956. The van der Waals surface area contributed by atoms with Crippen molar-refractivity contribution in [3.8, 4) is 11.4 Å². The van der Waals surface area contributed by atoms with Crippen LogP contribution >= 0.6 is 11.6 Å². The predicted octanol–water partition coefficient (Wildman–Crippen LogP) is 3.86. The van der Waals surface area contributed by atoms with E-state index in [2.05, 4.69) is 14.9 Å². The minimum atomic E-state index is -0.115. The standard InChI is InChI=1S/C21H21ClN4O/c22-18-5-3-16(4-6-18)21-24-19(12-20(27)25-21)17-2-1-11-26(14-17)13-15-7-9-23-10-8-15/h3-10,12,17H,1-2,11,13-14H2,(H,24,25,27). The number of halogens is 1. The molecule has 1 unspecified atom stereocenters. The summed E-state index contributed by atoms with van der Waals surface area (Å²) >= 11 is 5.96. The van der Waals surface area contributed by atoms with Crippen LogP contribution in [0.15, 0.2) is 59.7 Å². The first kappa shape index (κ1) is 17.9. The van der Waals surface area contributed by atoms with E-state index in [9.17, 15) is 4.79 Å². The highest BCUT2D eigenvalue weighted by Gasteiger charge is 2.23. The van der Waals surface area contributed by atoms with Crippen LogP contribution in [0.3, 0.4) is 0 Å². The number of rotatable bonds is 4. The molecule has 138 valence electrons. The summed E-state index contributed by atoms with van der Waals surface area (Å²) in [5.74, 6) is 0.856. The third kappa shape index (κ3) is 4.43. The lowest BCUT2D eigenvalue weighted by Crippen LogP contribution is -2.34. The van der Waals surface area contributed by atoms with E-state index in [1.807, 2.05) is 36.7 Å². The molecule has 0 bridgehead atoms. The molecule has 1 aromatic carbocycles. The Kier molecular flexibility index (Phi) is 5.32. The Hall–Kier alpha value is -2.50. The van der Waals surface area contributed by atoms with Crippen molar-refractivity contribution in [2.24, 2.45) is 0 Å². The molecule has 3 heterocycles. The van der Waals surface area contributed by atoms with Gasteiger partial charge >= 0.3 is 0 Å². The summed E-state index contributed by atoms with van der Waals surface area (Å²) in [5.41, 5.74) is 2.87. The number of nitrogens with one attached hydrogen (secondary N) is 1. The lowest BCUT2D eigenvalue weighted by Gasteiger charge is -2.32. The van der Waals surface area contributed by atoms with E-state index in [1.54, 1.807) is 18.2 Å². The third-order valence-corrected chi connectivity index (χ3v) is 5.21. The topological polar surface area (TPSA) is 61.9 Å². The van der Waals surface area contributed by atoms with Crippen LogP contribution in [0.4, 0.5) is 0 Å². The van der Waals surface area contributed by atoms with Crippen molar-refractivity contribution in [1.29, 1.82) is 0 Å². The molecule has 3 aromatic rings. The Labute approximate surface area is 163 Å². The Morgan fingerprint density at radius 3 is 2.70 bits per heavy atom. The molecule has 1 saturated heterocycles. The van der Waals surface area contributed by atoms with Gasteiger partial charge in [0.05, 0.1) is 5.69 Å². The summed E-state index contributed by atoms with van der Waals surface area (Å²) in [6.07, 6.45) is 5.80. The van der Waals surface area contributed by atoms with Gasteiger partial charge in [-0.05, 0) is 61.3 Å². The molecule has 0 aliphatic carbocycles. The second-order valence-corrected chi connectivity index (χ2v) is 7.39. The summed E-state index contributed by atoms with van der Waals surface area (Å²) < 4.78 is 0. The van der Waals surface area contributed by atoms with Gasteiger partial charge in [-0.3, -0.25) is 14.7 Å². The molecular weight excluding hydrogens is 360 g/mol. The van der Waals surface area contributed by atoms with Crippen LogP contribution in [0.25, 0.3) is 11.4 Å². The monoisotopic (exact) mass is 380 g/mol. The van der Waals surface area contributed by atoms with Gasteiger partial charge in [-0.2, -0.15) is 0 Å². The maximum absolute atomic E-state index is 12.2. The lowest BCUT2D eigenvalue weighted by molar-refractivity contribution is 0.198. The maximum Gasteiger partial charge on any atom is 0.251 e. The van der Waals surface area contributed by atoms with Gasteiger partial charge < -0.3 is 4.98 Å². The molecule has 4 rings (SSSR count). The minimum Gasteiger partial charge on any atom is -0.307 e. The largest absolute Gasteiger partial charge is 0.307 e. The SMILES string of the molecule is O=c1cc(C2CCCN(Cc3ccncc3)C2)nc(-c2ccc(Cl)cc2)[nH]1. The molecular formula is C21H21ClN4O. The summed E-state index contributed by atoms with van der Waals surface area (Å²) in [5, 5.41) is 0.663. The van der Waals surface area contributed by atoms with Gasteiger partial charge in [-0.15, -0.1) is 0 Å². The summed E-state index contributed by atoms with van der Waals surface area (Å²) in [6, 6.07) is 13.1. The molecule has 6 heteroatoms. The van der Waals surface area contributed by atoms with Gasteiger partial charge in [0.1, 0.15) is 5.82 Å². The number of nitrogens with zero attached hydrogens (tertiary/aromatic N) is 3. The van der Waals surface area contributed by atoms with Crippen molar-refractivity contribution < 1.29 is 0 Å². The molecule has 1 aliphatic heterocycles. The molecule has 0 spiro atoms. The molecule has 1 fully saturated rings. The fourth-order valence-corrected chi connectivity index (χ4v) is 3.74. The first-order valence-electron chi connectivity index (χ1n) is 9.16. The molecule has 2 aromatic heterocycles. The second kappa shape index (κ2) is 8.03. The number of aromatic amines is 1.